The average molecular weight is 498 g/mol. The van der Waals surface area contributed by atoms with Crippen molar-refractivity contribution in [1.29, 1.82) is 0 Å². The van der Waals surface area contributed by atoms with Crippen LogP contribution in [0.15, 0.2) is 57.0 Å². The Balaban J connectivity index is 1.62. The maximum atomic E-state index is 12.5. The van der Waals surface area contributed by atoms with E-state index < -0.39 is 20.0 Å². The number of hydrogen-bond acceptors (Lipinski definition) is 8. The van der Waals surface area contributed by atoms with Gasteiger partial charge in [-0.25, -0.2) is 30.8 Å². The predicted molar refractivity (Wildman–Crippen MR) is 123 cm³/mol. The van der Waals surface area contributed by atoms with Gasteiger partial charge in [0.2, 0.25) is 20.0 Å². The third-order valence-corrected chi connectivity index (χ3v) is 7.87. The number of carbonyl (C=O) groups excluding carboxylic acids is 1. The Morgan fingerprint density at radius 3 is 2.41 bits per heavy atom. The summed E-state index contributed by atoms with van der Waals surface area (Å²) in [5.41, 5.74) is 2.26. The molecule has 1 heterocycles. The lowest BCUT2D eigenvalue weighted by atomic mass is 10.1. The zero-order valence-corrected chi connectivity index (χ0v) is 20.2. The summed E-state index contributed by atoms with van der Waals surface area (Å²) in [5, 5.41) is 0.274. The van der Waals surface area contributed by atoms with Crippen LogP contribution in [-0.4, -0.2) is 64.6 Å². The molecule has 0 aliphatic rings. The normalized spacial score (nSPS) is 12.5. The van der Waals surface area contributed by atoms with Gasteiger partial charge in [-0.1, -0.05) is 36.0 Å². The topological polar surface area (TPSA) is 127 Å². The summed E-state index contributed by atoms with van der Waals surface area (Å²) >= 11 is 1.13. The second kappa shape index (κ2) is 9.71. The minimum atomic E-state index is -3.58. The van der Waals surface area contributed by atoms with Gasteiger partial charge in [0.05, 0.1) is 16.9 Å². The summed E-state index contributed by atoms with van der Waals surface area (Å²) in [5.74, 6) is -0.0149. The Labute approximate surface area is 191 Å². The van der Waals surface area contributed by atoms with Gasteiger partial charge in [0.1, 0.15) is 5.52 Å². The first-order valence-corrected chi connectivity index (χ1v) is 13.8. The molecule has 1 N–H and O–H groups in total. The number of ketones is 1. The Morgan fingerprint density at radius 1 is 1.09 bits per heavy atom. The van der Waals surface area contributed by atoms with E-state index in [-0.39, 0.29) is 28.2 Å². The second-order valence-corrected chi connectivity index (χ2v) is 12.1. The van der Waals surface area contributed by atoms with Gasteiger partial charge in [-0.15, -0.1) is 0 Å². The van der Waals surface area contributed by atoms with Gasteiger partial charge < -0.3 is 4.42 Å². The zero-order valence-electron chi connectivity index (χ0n) is 17.7. The van der Waals surface area contributed by atoms with Crippen LogP contribution in [0.1, 0.15) is 15.9 Å². The van der Waals surface area contributed by atoms with Crippen LogP contribution >= 0.6 is 11.8 Å². The largest absolute Gasteiger partial charge is 0.431 e. The first kappa shape index (κ1) is 24.4. The molecule has 0 bridgehead atoms. The number of nitrogens with zero attached hydrogens (tertiary/aromatic N) is 2. The maximum Gasteiger partial charge on any atom is 0.257 e. The van der Waals surface area contributed by atoms with E-state index in [9.17, 15) is 21.6 Å². The molecule has 12 heteroatoms. The van der Waals surface area contributed by atoms with Crippen molar-refractivity contribution in [2.24, 2.45) is 0 Å². The van der Waals surface area contributed by atoms with Gasteiger partial charge in [-0.3, -0.25) is 4.79 Å². The van der Waals surface area contributed by atoms with E-state index in [1.165, 1.54) is 26.2 Å². The summed E-state index contributed by atoms with van der Waals surface area (Å²) in [4.78, 5) is 16.9. The molecule has 0 aliphatic carbocycles. The number of rotatable bonds is 10. The van der Waals surface area contributed by atoms with Crippen LogP contribution in [0, 0.1) is 0 Å². The lowest BCUT2D eigenvalue weighted by Gasteiger charge is -2.10. The van der Waals surface area contributed by atoms with Crippen LogP contribution in [0.4, 0.5) is 0 Å². The molecule has 0 saturated heterocycles. The Bertz CT molecular complexity index is 1330. The third kappa shape index (κ3) is 6.17. The number of thioether (sulfide) groups is 1. The molecule has 2 aromatic carbocycles. The number of fused-ring (bicyclic) bond motifs is 1. The molecule has 0 aliphatic heterocycles. The SMILES string of the molecule is CN(C)S(=O)(=O)c1ccc2oc(SCC(=O)c3ccc(CCNS(C)(=O)=O)cc3)nc2c1. The molecule has 0 atom stereocenters. The van der Waals surface area contributed by atoms with Gasteiger partial charge in [-0.05, 0) is 30.2 Å². The molecule has 0 fully saturated rings. The average Bonchev–Trinajstić information content (AvgIpc) is 3.13. The highest BCUT2D eigenvalue weighted by atomic mass is 32.2. The molecule has 9 nitrogen and oxygen atoms in total. The molecule has 0 amide bonds. The minimum Gasteiger partial charge on any atom is -0.431 e. The lowest BCUT2D eigenvalue weighted by Crippen LogP contribution is -2.24. The molecule has 3 aromatic rings. The molecule has 0 radical (unpaired) electrons. The highest BCUT2D eigenvalue weighted by molar-refractivity contribution is 7.99. The predicted octanol–water partition coefficient (Wildman–Crippen LogP) is 2.14. The molecule has 1 aromatic heterocycles. The van der Waals surface area contributed by atoms with E-state index >= 15 is 0 Å². The number of hydrogen-bond donors (Lipinski definition) is 1. The zero-order chi connectivity index (χ0) is 23.5. The summed E-state index contributed by atoms with van der Waals surface area (Å²) < 4.78 is 55.9. The molecular weight excluding hydrogens is 474 g/mol. The number of benzene rings is 2. The van der Waals surface area contributed by atoms with Gasteiger partial charge in [0, 0.05) is 26.2 Å². The van der Waals surface area contributed by atoms with E-state index in [2.05, 4.69) is 9.71 Å². The number of carbonyl (C=O) groups is 1. The summed E-state index contributed by atoms with van der Waals surface area (Å²) in [7, 11) is -3.90. The second-order valence-electron chi connectivity index (χ2n) is 7.22. The van der Waals surface area contributed by atoms with E-state index in [1.807, 2.05) is 0 Å². The maximum absolute atomic E-state index is 12.5. The highest BCUT2D eigenvalue weighted by Crippen LogP contribution is 2.26. The molecule has 172 valence electrons. The van der Waals surface area contributed by atoms with Crippen LogP contribution < -0.4 is 4.72 Å². The molecule has 3 rings (SSSR count). The van der Waals surface area contributed by atoms with Crippen molar-refractivity contribution in [2.45, 2.75) is 16.5 Å². The molecule has 0 saturated carbocycles. The number of Topliss-reactive ketones (excluding diaryl/α,β-unsaturated/α-hetero) is 1. The van der Waals surface area contributed by atoms with Crippen LogP contribution in [-0.2, 0) is 26.5 Å². The number of oxazole rings is 1. The Morgan fingerprint density at radius 2 is 1.78 bits per heavy atom. The summed E-state index contributed by atoms with van der Waals surface area (Å²) in [6.45, 7) is 0.289. The van der Waals surface area contributed by atoms with Gasteiger partial charge in [-0.2, -0.15) is 0 Å². The fourth-order valence-electron chi connectivity index (χ4n) is 2.77. The number of nitrogens with one attached hydrogen (secondary N) is 1. The van der Waals surface area contributed by atoms with E-state index in [4.69, 9.17) is 4.42 Å². The van der Waals surface area contributed by atoms with Crippen molar-refractivity contribution in [3.63, 3.8) is 0 Å². The van der Waals surface area contributed by atoms with E-state index in [0.29, 0.717) is 23.1 Å². The van der Waals surface area contributed by atoms with Crippen molar-refractivity contribution in [3.8, 4) is 0 Å². The van der Waals surface area contributed by atoms with E-state index in [0.717, 1.165) is 27.9 Å². The lowest BCUT2D eigenvalue weighted by molar-refractivity contribution is 0.102. The molecular formula is C20H23N3O6S3. The van der Waals surface area contributed by atoms with Crippen LogP contribution in [0.2, 0.25) is 0 Å². The first-order valence-electron chi connectivity index (χ1n) is 9.48. The smallest absolute Gasteiger partial charge is 0.257 e. The standard InChI is InChI=1S/C20H23N3O6S3/c1-23(2)32(27,28)16-8-9-19-17(12-16)22-20(29-19)30-13-18(24)15-6-4-14(5-7-15)10-11-21-31(3,25)26/h4-9,12,21H,10-11,13H2,1-3H3. The van der Waals surface area contributed by atoms with Crippen molar-refractivity contribution in [1.82, 2.24) is 14.0 Å². The molecule has 32 heavy (non-hydrogen) atoms. The van der Waals surface area contributed by atoms with Crippen molar-refractivity contribution in [3.05, 3.63) is 53.6 Å². The van der Waals surface area contributed by atoms with E-state index in [1.54, 1.807) is 30.3 Å². The fourth-order valence-corrected chi connectivity index (χ4v) is 4.90. The van der Waals surface area contributed by atoms with Crippen LogP contribution in [0.5, 0.6) is 0 Å². The summed E-state index contributed by atoms with van der Waals surface area (Å²) in [6.07, 6.45) is 1.62. The van der Waals surface area contributed by atoms with Gasteiger partial charge >= 0.3 is 0 Å². The van der Waals surface area contributed by atoms with Crippen molar-refractivity contribution >= 4 is 48.7 Å². The monoisotopic (exact) mass is 497 g/mol. The Hall–Kier alpha value is -2.25. The van der Waals surface area contributed by atoms with Gasteiger partial charge in [0.25, 0.3) is 5.22 Å². The third-order valence-electron chi connectivity index (χ3n) is 4.50. The molecule has 0 spiro atoms. The van der Waals surface area contributed by atoms with Crippen LogP contribution in [0.3, 0.4) is 0 Å². The van der Waals surface area contributed by atoms with Crippen LogP contribution in [0.25, 0.3) is 11.1 Å². The number of aromatic nitrogens is 1. The molecule has 0 unspecified atom stereocenters. The fraction of sp³-hybridized carbons (Fsp3) is 0.300. The minimum absolute atomic E-state index is 0.102. The number of sulfonamides is 2. The summed E-state index contributed by atoms with van der Waals surface area (Å²) in [6, 6.07) is 11.4. The van der Waals surface area contributed by atoms with Crippen molar-refractivity contribution < 1.29 is 26.0 Å². The highest BCUT2D eigenvalue weighted by Gasteiger charge is 2.19. The van der Waals surface area contributed by atoms with Gasteiger partial charge in [0.15, 0.2) is 11.4 Å². The Kier molecular flexibility index (Phi) is 7.40. The quantitative estimate of drug-likeness (QED) is 0.333. The first-order chi connectivity index (χ1) is 15.0. The van der Waals surface area contributed by atoms with Crippen molar-refractivity contribution in [2.75, 3.05) is 32.6 Å².